The van der Waals surface area contributed by atoms with Crippen molar-refractivity contribution in [1.82, 2.24) is 19.3 Å². The molecule has 0 bridgehead atoms. The maximum Gasteiger partial charge on any atom is 0.294 e. The molecular formula is C18H22N4O4. The lowest BCUT2D eigenvalue weighted by Gasteiger charge is -2.07. The van der Waals surface area contributed by atoms with Crippen molar-refractivity contribution in [3.05, 3.63) is 46.0 Å². The quantitative estimate of drug-likeness (QED) is 0.649. The van der Waals surface area contributed by atoms with Crippen molar-refractivity contribution in [3.63, 3.8) is 0 Å². The molecule has 3 rings (SSSR count). The lowest BCUT2D eigenvalue weighted by Crippen LogP contribution is -2.25. The molecule has 0 saturated carbocycles. The molecule has 2 N–H and O–H groups in total. The van der Waals surface area contributed by atoms with E-state index in [1.807, 2.05) is 19.9 Å². The van der Waals surface area contributed by atoms with Crippen LogP contribution in [0.15, 0.2) is 27.7 Å². The van der Waals surface area contributed by atoms with Crippen molar-refractivity contribution < 1.29 is 14.3 Å². The zero-order valence-corrected chi connectivity index (χ0v) is 15.1. The van der Waals surface area contributed by atoms with E-state index in [9.17, 15) is 9.59 Å². The van der Waals surface area contributed by atoms with E-state index in [4.69, 9.17) is 9.52 Å². The van der Waals surface area contributed by atoms with E-state index < -0.39 is 0 Å². The Balaban J connectivity index is 1.97. The van der Waals surface area contributed by atoms with Crippen LogP contribution < -0.4 is 10.9 Å². The molecule has 0 aliphatic rings. The van der Waals surface area contributed by atoms with Gasteiger partial charge in [-0.25, -0.2) is 4.98 Å². The number of aryl methyl sites for hydroxylation is 2. The third-order valence-corrected chi connectivity index (χ3v) is 4.27. The van der Waals surface area contributed by atoms with Crippen LogP contribution in [0.1, 0.15) is 34.9 Å². The summed E-state index contributed by atoms with van der Waals surface area (Å²) in [5, 5.41) is 11.5. The fourth-order valence-electron chi connectivity index (χ4n) is 2.90. The Morgan fingerprint density at radius 2 is 2.08 bits per heavy atom. The third-order valence-electron chi connectivity index (χ3n) is 4.27. The molecule has 3 aromatic rings. The van der Waals surface area contributed by atoms with Gasteiger partial charge in [0.15, 0.2) is 0 Å². The van der Waals surface area contributed by atoms with Crippen LogP contribution in [-0.2, 0) is 7.05 Å². The number of nitrogens with zero attached hydrogens (tertiary/aromatic N) is 3. The van der Waals surface area contributed by atoms with Crippen LogP contribution in [0.5, 0.6) is 0 Å². The summed E-state index contributed by atoms with van der Waals surface area (Å²) in [4.78, 5) is 29.1. The zero-order valence-electron chi connectivity index (χ0n) is 15.1. The molecule has 0 saturated heterocycles. The second-order valence-corrected chi connectivity index (χ2v) is 6.25. The summed E-state index contributed by atoms with van der Waals surface area (Å²) in [7, 11) is 1.67. The van der Waals surface area contributed by atoms with Crippen LogP contribution in [0.3, 0.4) is 0 Å². The number of unbranched alkanes of at least 4 members (excludes halogenated alkanes) is 1. The summed E-state index contributed by atoms with van der Waals surface area (Å²) in [6.45, 7) is 4.24. The van der Waals surface area contributed by atoms with E-state index in [1.54, 1.807) is 23.8 Å². The molecule has 138 valence electrons. The first-order valence-electron chi connectivity index (χ1n) is 8.47. The highest BCUT2D eigenvalue weighted by Gasteiger charge is 2.17. The summed E-state index contributed by atoms with van der Waals surface area (Å²) < 4.78 is 8.64. The van der Waals surface area contributed by atoms with E-state index >= 15 is 0 Å². The molecule has 0 aliphatic heterocycles. The molecule has 0 spiro atoms. The van der Waals surface area contributed by atoms with Crippen LogP contribution in [0, 0.1) is 13.8 Å². The smallest absolute Gasteiger partial charge is 0.294 e. The first-order valence-corrected chi connectivity index (χ1v) is 8.47. The molecule has 0 aliphatic carbocycles. The van der Waals surface area contributed by atoms with Crippen molar-refractivity contribution in [1.29, 1.82) is 0 Å². The van der Waals surface area contributed by atoms with E-state index in [0.717, 1.165) is 17.1 Å². The van der Waals surface area contributed by atoms with Gasteiger partial charge in [-0.1, -0.05) is 0 Å². The van der Waals surface area contributed by atoms with E-state index in [2.05, 4.69) is 10.3 Å². The number of aliphatic hydroxyl groups excluding tert-OH is 1. The van der Waals surface area contributed by atoms with Gasteiger partial charge in [0.1, 0.15) is 17.2 Å². The number of furan rings is 1. The molecular weight excluding hydrogens is 336 g/mol. The van der Waals surface area contributed by atoms with E-state index in [1.165, 1.54) is 4.57 Å². The Morgan fingerprint density at radius 3 is 2.73 bits per heavy atom. The van der Waals surface area contributed by atoms with Gasteiger partial charge in [-0.05, 0) is 32.8 Å². The summed E-state index contributed by atoms with van der Waals surface area (Å²) in [5.74, 6) is 1.14. The van der Waals surface area contributed by atoms with Crippen molar-refractivity contribution >= 4 is 11.6 Å². The van der Waals surface area contributed by atoms with Crippen LogP contribution >= 0.6 is 0 Å². The number of imidazole rings is 1. The van der Waals surface area contributed by atoms with Crippen LogP contribution in [0.2, 0.25) is 0 Å². The van der Waals surface area contributed by atoms with Gasteiger partial charge in [0.05, 0.1) is 5.69 Å². The lowest BCUT2D eigenvalue weighted by molar-refractivity contribution is 0.0947. The second kappa shape index (κ2) is 7.17. The topological polar surface area (TPSA) is 102 Å². The van der Waals surface area contributed by atoms with Crippen molar-refractivity contribution in [3.8, 4) is 11.3 Å². The van der Waals surface area contributed by atoms with Gasteiger partial charge in [0.25, 0.3) is 11.5 Å². The molecule has 0 fully saturated rings. The molecule has 0 unspecified atom stereocenters. The normalized spacial score (nSPS) is 11.2. The Bertz CT molecular complexity index is 1010. The number of nitrogens with one attached hydrogen (secondary N) is 1. The predicted molar refractivity (Wildman–Crippen MR) is 96.3 cm³/mol. The lowest BCUT2D eigenvalue weighted by atomic mass is 10.2. The van der Waals surface area contributed by atoms with Gasteiger partial charge >= 0.3 is 0 Å². The molecule has 0 aromatic carbocycles. The molecule has 3 aromatic heterocycles. The van der Waals surface area contributed by atoms with Gasteiger partial charge in [0, 0.05) is 38.2 Å². The van der Waals surface area contributed by atoms with Crippen molar-refractivity contribution in [2.75, 3.05) is 13.2 Å². The Morgan fingerprint density at radius 1 is 1.31 bits per heavy atom. The van der Waals surface area contributed by atoms with Crippen molar-refractivity contribution in [2.24, 2.45) is 7.05 Å². The SMILES string of the molecule is Cc1cc(-c2cn3cc(C(=O)NCCCCO)nc3c(=O)n2C)c(C)o1. The number of rotatable bonds is 6. The molecule has 8 nitrogen and oxygen atoms in total. The van der Waals surface area contributed by atoms with Gasteiger partial charge in [-0.2, -0.15) is 0 Å². The van der Waals surface area contributed by atoms with Crippen LogP contribution in [-0.4, -0.2) is 38.1 Å². The highest BCUT2D eigenvalue weighted by atomic mass is 16.3. The minimum Gasteiger partial charge on any atom is -0.466 e. The molecule has 0 atom stereocenters. The number of carbonyl (C=O) groups excluding carboxylic acids is 1. The summed E-state index contributed by atoms with van der Waals surface area (Å²) >= 11 is 0. The average Bonchev–Trinajstić information content (AvgIpc) is 3.18. The molecule has 26 heavy (non-hydrogen) atoms. The van der Waals surface area contributed by atoms with Crippen LogP contribution in [0.25, 0.3) is 16.9 Å². The minimum atomic E-state index is -0.342. The maximum atomic E-state index is 12.7. The number of aliphatic hydroxyl groups is 1. The first-order chi connectivity index (χ1) is 12.4. The van der Waals surface area contributed by atoms with Crippen LogP contribution in [0.4, 0.5) is 0 Å². The maximum absolute atomic E-state index is 12.7. The minimum absolute atomic E-state index is 0.0932. The highest BCUT2D eigenvalue weighted by Crippen LogP contribution is 2.25. The monoisotopic (exact) mass is 358 g/mol. The number of amides is 1. The number of hydrogen-bond acceptors (Lipinski definition) is 5. The van der Waals surface area contributed by atoms with Gasteiger partial charge in [-0.15, -0.1) is 0 Å². The van der Waals surface area contributed by atoms with Crippen molar-refractivity contribution in [2.45, 2.75) is 26.7 Å². The highest BCUT2D eigenvalue weighted by molar-refractivity contribution is 5.92. The summed E-state index contributed by atoms with van der Waals surface area (Å²) in [5.41, 5.74) is 1.59. The van der Waals surface area contributed by atoms with Gasteiger partial charge in [-0.3, -0.25) is 14.0 Å². The van der Waals surface area contributed by atoms with Gasteiger partial charge < -0.3 is 19.4 Å². The average molecular weight is 358 g/mol. The Hall–Kier alpha value is -2.87. The number of carbonyl (C=O) groups is 1. The number of hydrogen-bond donors (Lipinski definition) is 2. The standard InChI is InChI=1S/C18H22N4O4/c1-11-8-13(12(2)26-11)15-10-22-9-14(17(24)19-6-4-5-7-23)20-16(22)18(25)21(15)3/h8-10,23H,4-7H2,1-3H3,(H,19,24). The van der Waals surface area contributed by atoms with E-state index in [0.29, 0.717) is 25.1 Å². The van der Waals surface area contributed by atoms with E-state index in [-0.39, 0.29) is 29.4 Å². The number of fused-ring (bicyclic) bond motifs is 1. The molecule has 8 heteroatoms. The number of aromatic nitrogens is 3. The second-order valence-electron chi connectivity index (χ2n) is 6.25. The van der Waals surface area contributed by atoms with Gasteiger partial charge in [0.2, 0.25) is 5.65 Å². The molecule has 3 heterocycles. The Labute approximate surface area is 150 Å². The summed E-state index contributed by atoms with van der Waals surface area (Å²) in [6, 6.07) is 1.88. The molecule has 0 radical (unpaired) electrons. The zero-order chi connectivity index (χ0) is 18.8. The predicted octanol–water partition coefficient (Wildman–Crippen LogP) is 1.41. The summed E-state index contributed by atoms with van der Waals surface area (Å²) in [6.07, 6.45) is 4.62. The largest absolute Gasteiger partial charge is 0.466 e. The first kappa shape index (κ1) is 17.9. The fourth-order valence-corrected chi connectivity index (χ4v) is 2.90. The molecule has 1 amide bonds. The fraction of sp³-hybridized carbons (Fsp3) is 0.389. The Kier molecular flexibility index (Phi) is 4.94. The third kappa shape index (κ3) is 3.28.